The second kappa shape index (κ2) is 4.82. The van der Waals surface area contributed by atoms with Crippen LogP contribution in [0, 0.1) is 16.0 Å². The van der Waals surface area contributed by atoms with Crippen LogP contribution in [-0.4, -0.2) is 14.9 Å². The lowest BCUT2D eigenvalue weighted by atomic mass is 9.97. The lowest BCUT2D eigenvalue weighted by Crippen LogP contribution is -2.36. The Labute approximate surface area is 126 Å². The number of hydrogen-bond acceptors (Lipinski definition) is 4. The normalized spacial score (nSPS) is 17.5. The minimum Gasteiger partial charge on any atom is -0.340 e. The number of halogens is 1. The molecule has 7 heteroatoms. The van der Waals surface area contributed by atoms with E-state index in [-0.39, 0.29) is 10.7 Å². The number of nitro groups is 1. The molecule has 0 radical (unpaired) electrons. The van der Waals surface area contributed by atoms with Gasteiger partial charge in [-0.05, 0) is 31.7 Å². The highest BCUT2D eigenvalue weighted by Crippen LogP contribution is 2.43. The molecule has 1 atom stereocenters. The van der Waals surface area contributed by atoms with E-state index < -0.39 is 10.5 Å². The Kier molecular flexibility index (Phi) is 3.22. The molecule has 1 aromatic heterocycles. The molecule has 21 heavy (non-hydrogen) atoms. The molecule has 0 aliphatic heterocycles. The van der Waals surface area contributed by atoms with E-state index in [1.54, 1.807) is 12.3 Å². The van der Waals surface area contributed by atoms with Gasteiger partial charge >= 0.3 is 0 Å². The number of H-pyrrole nitrogens is 1. The van der Waals surface area contributed by atoms with Crippen LogP contribution in [0.3, 0.4) is 0 Å². The average molecular weight is 307 g/mol. The van der Waals surface area contributed by atoms with Crippen molar-refractivity contribution in [3.8, 4) is 11.3 Å². The first-order chi connectivity index (χ1) is 9.89. The maximum Gasteiger partial charge on any atom is 0.288 e. The Bertz CT molecular complexity index is 707. The van der Waals surface area contributed by atoms with Crippen molar-refractivity contribution in [2.24, 2.45) is 11.7 Å². The summed E-state index contributed by atoms with van der Waals surface area (Å²) in [5.41, 5.74) is 7.06. The Morgan fingerprint density at radius 1 is 1.52 bits per heavy atom. The zero-order valence-corrected chi connectivity index (χ0v) is 12.2. The quantitative estimate of drug-likeness (QED) is 0.669. The molecule has 1 fully saturated rings. The summed E-state index contributed by atoms with van der Waals surface area (Å²) < 4.78 is 0. The van der Waals surface area contributed by atoms with Gasteiger partial charge in [-0.2, -0.15) is 0 Å². The van der Waals surface area contributed by atoms with E-state index in [2.05, 4.69) is 9.97 Å². The van der Waals surface area contributed by atoms with Gasteiger partial charge in [0, 0.05) is 11.6 Å². The summed E-state index contributed by atoms with van der Waals surface area (Å²) in [5, 5.41) is 11.1. The van der Waals surface area contributed by atoms with Gasteiger partial charge in [-0.15, -0.1) is 0 Å². The molecule has 0 bridgehead atoms. The summed E-state index contributed by atoms with van der Waals surface area (Å²) in [6, 6.07) is 4.67. The predicted octanol–water partition coefficient (Wildman–Crippen LogP) is 3.22. The maximum atomic E-state index is 10.9. The summed E-state index contributed by atoms with van der Waals surface area (Å²) in [7, 11) is 0. The van der Waals surface area contributed by atoms with Crippen LogP contribution in [0.15, 0.2) is 24.4 Å². The number of nitrogens with zero attached hydrogens (tertiary/aromatic N) is 2. The first-order valence-electron chi connectivity index (χ1n) is 6.68. The third kappa shape index (κ3) is 2.52. The fourth-order valence-electron chi connectivity index (χ4n) is 2.44. The molecule has 1 aliphatic rings. The fraction of sp³-hybridized carbons (Fsp3) is 0.357. The molecular weight excluding hydrogens is 292 g/mol. The highest BCUT2D eigenvalue weighted by Gasteiger charge is 2.41. The van der Waals surface area contributed by atoms with Gasteiger partial charge in [0.1, 0.15) is 10.8 Å². The monoisotopic (exact) mass is 306 g/mol. The van der Waals surface area contributed by atoms with Gasteiger partial charge in [0.05, 0.1) is 22.4 Å². The molecule has 0 spiro atoms. The molecule has 6 nitrogen and oxygen atoms in total. The standard InChI is InChI=1S/C14H15ClN4O2/c1-14(16,9-3-4-9)13-17-7-11(18-13)8-2-5-10(15)12(6-8)19(20)21/h2,5-7,9H,3-4,16H2,1H3,(H,17,18). The van der Waals surface area contributed by atoms with E-state index in [0.29, 0.717) is 23.0 Å². The average Bonchev–Trinajstić information content (AvgIpc) is 3.17. The SMILES string of the molecule is CC(N)(c1ncc(-c2ccc(Cl)c([N+](=O)[O-])c2)[nH]1)C1CC1. The van der Waals surface area contributed by atoms with Crippen molar-refractivity contribution in [3.63, 3.8) is 0 Å². The predicted molar refractivity (Wildman–Crippen MR) is 80.0 cm³/mol. The molecule has 0 amide bonds. The molecule has 0 saturated heterocycles. The molecule has 2 aromatic rings. The van der Waals surface area contributed by atoms with Crippen LogP contribution in [0.2, 0.25) is 5.02 Å². The van der Waals surface area contributed by atoms with Crippen molar-refractivity contribution in [1.82, 2.24) is 9.97 Å². The topological polar surface area (TPSA) is 97.8 Å². The molecule has 1 aliphatic carbocycles. The largest absolute Gasteiger partial charge is 0.340 e. The highest BCUT2D eigenvalue weighted by atomic mass is 35.5. The third-order valence-corrected chi connectivity index (χ3v) is 4.28. The van der Waals surface area contributed by atoms with Crippen molar-refractivity contribution in [2.45, 2.75) is 25.3 Å². The Morgan fingerprint density at radius 3 is 2.86 bits per heavy atom. The Balaban J connectivity index is 1.96. The molecule has 3 N–H and O–H groups in total. The molecular formula is C14H15ClN4O2. The minimum atomic E-state index is -0.500. The minimum absolute atomic E-state index is 0.116. The van der Waals surface area contributed by atoms with Gasteiger partial charge < -0.3 is 10.7 Å². The van der Waals surface area contributed by atoms with Crippen molar-refractivity contribution in [3.05, 3.63) is 45.4 Å². The summed E-state index contributed by atoms with van der Waals surface area (Å²) in [4.78, 5) is 18.0. The number of aromatic amines is 1. The molecule has 110 valence electrons. The van der Waals surface area contributed by atoms with E-state index >= 15 is 0 Å². The first kappa shape index (κ1) is 14.0. The molecule has 1 heterocycles. The molecule has 1 saturated carbocycles. The van der Waals surface area contributed by atoms with Crippen molar-refractivity contribution in [2.75, 3.05) is 0 Å². The summed E-state index contributed by atoms with van der Waals surface area (Å²) in [6.45, 7) is 1.96. The first-order valence-corrected chi connectivity index (χ1v) is 7.06. The number of aromatic nitrogens is 2. The fourth-order valence-corrected chi connectivity index (χ4v) is 2.62. The van der Waals surface area contributed by atoms with Gasteiger partial charge in [-0.1, -0.05) is 17.7 Å². The molecule has 1 unspecified atom stereocenters. The number of nitrogens with two attached hydrogens (primary N) is 1. The van der Waals surface area contributed by atoms with Gasteiger partial charge in [0.2, 0.25) is 0 Å². The van der Waals surface area contributed by atoms with Gasteiger partial charge in [0.25, 0.3) is 5.69 Å². The number of hydrogen-bond donors (Lipinski definition) is 2. The zero-order chi connectivity index (χ0) is 15.2. The number of nitro benzene ring substituents is 1. The van der Waals surface area contributed by atoms with Crippen LogP contribution in [0.4, 0.5) is 5.69 Å². The van der Waals surface area contributed by atoms with E-state index in [9.17, 15) is 10.1 Å². The Hall–Kier alpha value is -1.92. The van der Waals surface area contributed by atoms with Crippen LogP contribution in [-0.2, 0) is 5.54 Å². The van der Waals surface area contributed by atoms with E-state index in [1.807, 2.05) is 6.92 Å². The lowest BCUT2D eigenvalue weighted by Gasteiger charge is -2.21. The summed E-state index contributed by atoms with van der Waals surface area (Å²) in [5.74, 6) is 1.15. The molecule has 3 rings (SSSR count). The summed E-state index contributed by atoms with van der Waals surface area (Å²) >= 11 is 5.82. The van der Waals surface area contributed by atoms with Gasteiger partial charge in [-0.3, -0.25) is 10.1 Å². The highest BCUT2D eigenvalue weighted by molar-refractivity contribution is 6.32. The van der Waals surface area contributed by atoms with Crippen LogP contribution in [0.5, 0.6) is 0 Å². The second-order valence-electron chi connectivity index (χ2n) is 5.63. The smallest absolute Gasteiger partial charge is 0.288 e. The van der Waals surface area contributed by atoms with Crippen molar-refractivity contribution < 1.29 is 4.92 Å². The van der Waals surface area contributed by atoms with Crippen molar-refractivity contribution in [1.29, 1.82) is 0 Å². The number of benzene rings is 1. The lowest BCUT2D eigenvalue weighted by molar-refractivity contribution is -0.384. The Morgan fingerprint density at radius 2 is 2.24 bits per heavy atom. The third-order valence-electron chi connectivity index (χ3n) is 3.97. The van der Waals surface area contributed by atoms with Crippen molar-refractivity contribution >= 4 is 17.3 Å². The maximum absolute atomic E-state index is 10.9. The van der Waals surface area contributed by atoms with E-state index in [4.69, 9.17) is 17.3 Å². The van der Waals surface area contributed by atoms with Crippen LogP contribution in [0.25, 0.3) is 11.3 Å². The number of nitrogens with one attached hydrogen (secondary N) is 1. The van der Waals surface area contributed by atoms with Crippen LogP contribution in [0.1, 0.15) is 25.6 Å². The van der Waals surface area contributed by atoms with Crippen LogP contribution >= 0.6 is 11.6 Å². The van der Waals surface area contributed by atoms with Crippen LogP contribution < -0.4 is 5.73 Å². The van der Waals surface area contributed by atoms with E-state index in [0.717, 1.165) is 12.8 Å². The molecule has 1 aromatic carbocycles. The van der Waals surface area contributed by atoms with Gasteiger partial charge in [0.15, 0.2) is 0 Å². The number of rotatable bonds is 4. The zero-order valence-electron chi connectivity index (χ0n) is 11.5. The van der Waals surface area contributed by atoms with E-state index in [1.165, 1.54) is 12.1 Å². The van der Waals surface area contributed by atoms with Gasteiger partial charge in [-0.25, -0.2) is 4.98 Å². The number of imidazole rings is 1. The second-order valence-corrected chi connectivity index (χ2v) is 6.03. The summed E-state index contributed by atoms with van der Waals surface area (Å²) in [6.07, 6.45) is 3.86.